The van der Waals surface area contributed by atoms with E-state index < -0.39 is 0 Å². The van der Waals surface area contributed by atoms with Crippen molar-refractivity contribution >= 4 is 0 Å². The Balaban J connectivity index is 2.60. The lowest BCUT2D eigenvalue weighted by Gasteiger charge is -2.03. The van der Waals surface area contributed by atoms with Crippen LogP contribution in [0.4, 0.5) is 0 Å². The van der Waals surface area contributed by atoms with Crippen LogP contribution in [0.5, 0.6) is 11.5 Å². The quantitative estimate of drug-likeness (QED) is 0.740. The predicted octanol–water partition coefficient (Wildman–Crippen LogP) is 3.47. The van der Waals surface area contributed by atoms with Crippen molar-refractivity contribution in [2.24, 2.45) is 0 Å². The van der Waals surface area contributed by atoms with E-state index in [1.807, 2.05) is 0 Å². The van der Waals surface area contributed by atoms with E-state index in [9.17, 15) is 0 Å². The molecule has 76 valence electrons. The third-order valence-corrected chi connectivity index (χ3v) is 2.11. The van der Waals surface area contributed by atoms with E-state index in [0.29, 0.717) is 0 Å². The molecular weight excluding hydrogens is 176 g/mol. The molecule has 0 aliphatic rings. The van der Waals surface area contributed by atoms with E-state index in [1.54, 1.807) is 30.5 Å². The number of allylic oxidation sites excluding steroid dienone is 1. The lowest BCUT2D eigenvalue weighted by molar-refractivity contribution is 0.459. The first-order valence-corrected chi connectivity index (χ1v) is 4.89. The van der Waals surface area contributed by atoms with Crippen molar-refractivity contribution in [1.82, 2.24) is 0 Å². The molecule has 1 N–H and O–H groups in total. The first kappa shape index (κ1) is 10.6. The van der Waals surface area contributed by atoms with Gasteiger partial charge in [0.05, 0.1) is 6.26 Å². The lowest BCUT2D eigenvalue weighted by atomic mass is 10.2. The summed E-state index contributed by atoms with van der Waals surface area (Å²) in [6.07, 6.45) is 3.80. The van der Waals surface area contributed by atoms with Gasteiger partial charge in [0, 0.05) is 0 Å². The summed E-state index contributed by atoms with van der Waals surface area (Å²) in [5.74, 6) is 1.01. The summed E-state index contributed by atoms with van der Waals surface area (Å²) in [6.45, 7) is 4.21. The second-order valence-electron chi connectivity index (χ2n) is 3.09. The molecule has 0 aromatic heterocycles. The zero-order valence-corrected chi connectivity index (χ0v) is 8.66. The molecule has 0 radical (unpaired) electrons. The summed E-state index contributed by atoms with van der Waals surface area (Å²) in [5.41, 5.74) is 1.28. The van der Waals surface area contributed by atoms with E-state index >= 15 is 0 Å². The summed E-state index contributed by atoms with van der Waals surface area (Å²) in [5, 5.41) is 9.06. The molecule has 0 spiro atoms. The maximum Gasteiger partial charge on any atom is 0.126 e. The third-order valence-electron chi connectivity index (χ3n) is 2.11. The molecule has 14 heavy (non-hydrogen) atoms. The molecule has 0 aliphatic heterocycles. The van der Waals surface area contributed by atoms with Crippen LogP contribution in [0.3, 0.4) is 0 Å². The van der Waals surface area contributed by atoms with E-state index in [4.69, 9.17) is 9.84 Å². The predicted molar refractivity (Wildman–Crippen MR) is 57.4 cm³/mol. The Morgan fingerprint density at radius 2 is 1.79 bits per heavy atom. The first-order valence-electron chi connectivity index (χ1n) is 4.89. The third kappa shape index (κ3) is 3.13. The lowest BCUT2D eigenvalue weighted by Crippen LogP contribution is -1.86. The zero-order chi connectivity index (χ0) is 10.4. The van der Waals surface area contributed by atoms with Gasteiger partial charge in [-0.3, -0.25) is 0 Å². The maximum atomic E-state index is 9.06. The van der Waals surface area contributed by atoms with Crippen LogP contribution >= 0.6 is 0 Å². The van der Waals surface area contributed by atoms with Gasteiger partial charge in [-0.05, 0) is 42.7 Å². The fourth-order valence-electron chi connectivity index (χ4n) is 1.09. The minimum absolute atomic E-state index is 0.257. The Bertz CT molecular complexity index is 293. The number of phenols is 1. The molecule has 0 fully saturated rings. The minimum Gasteiger partial charge on any atom is -0.508 e. The molecule has 1 rings (SSSR count). The van der Waals surface area contributed by atoms with Crippen LogP contribution < -0.4 is 4.74 Å². The Kier molecular flexibility index (Phi) is 4.05. The molecule has 0 saturated carbocycles. The number of benzene rings is 1. The summed E-state index contributed by atoms with van der Waals surface area (Å²) < 4.78 is 5.43. The van der Waals surface area contributed by atoms with E-state index in [-0.39, 0.29) is 5.75 Å². The van der Waals surface area contributed by atoms with E-state index in [1.165, 1.54) is 5.57 Å². The Hall–Kier alpha value is -1.44. The van der Waals surface area contributed by atoms with Gasteiger partial charge in [-0.25, -0.2) is 0 Å². The molecule has 1 aromatic rings. The van der Waals surface area contributed by atoms with Gasteiger partial charge in [0.2, 0.25) is 0 Å². The van der Waals surface area contributed by atoms with Gasteiger partial charge in [-0.1, -0.05) is 13.8 Å². The van der Waals surface area contributed by atoms with Gasteiger partial charge in [-0.15, -0.1) is 0 Å². The van der Waals surface area contributed by atoms with Crippen molar-refractivity contribution in [2.75, 3.05) is 0 Å². The van der Waals surface area contributed by atoms with Gasteiger partial charge in [0.15, 0.2) is 0 Å². The number of hydrogen-bond donors (Lipinski definition) is 1. The molecule has 0 amide bonds. The van der Waals surface area contributed by atoms with Crippen LogP contribution in [0.25, 0.3) is 0 Å². The smallest absolute Gasteiger partial charge is 0.126 e. The van der Waals surface area contributed by atoms with Crippen LogP contribution in [0.15, 0.2) is 36.1 Å². The Morgan fingerprint density at radius 3 is 2.29 bits per heavy atom. The summed E-state index contributed by atoms with van der Waals surface area (Å²) in [6, 6.07) is 6.71. The molecule has 1 aromatic carbocycles. The van der Waals surface area contributed by atoms with Gasteiger partial charge in [0.25, 0.3) is 0 Å². The number of ether oxygens (including phenoxy) is 1. The highest BCUT2D eigenvalue weighted by Crippen LogP contribution is 2.17. The number of rotatable bonds is 4. The average Bonchev–Trinajstić information content (AvgIpc) is 2.22. The second-order valence-corrected chi connectivity index (χ2v) is 3.09. The monoisotopic (exact) mass is 192 g/mol. The van der Waals surface area contributed by atoms with Crippen LogP contribution in [0.1, 0.15) is 26.7 Å². The van der Waals surface area contributed by atoms with Crippen molar-refractivity contribution in [2.45, 2.75) is 26.7 Å². The van der Waals surface area contributed by atoms with E-state index in [2.05, 4.69) is 13.8 Å². The second kappa shape index (κ2) is 5.32. The summed E-state index contributed by atoms with van der Waals surface area (Å²) >= 11 is 0. The number of phenolic OH excluding ortho intramolecular Hbond substituents is 1. The van der Waals surface area contributed by atoms with Crippen LogP contribution in [-0.4, -0.2) is 5.11 Å². The minimum atomic E-state index is 0.257. The zero-order valence-electron chi connectivity index (χ0n) is 8.66. The SMILES string of the molecule is CCC(=COc1ccc(O)cc1)CC. The van der Waals surface area contributed by atoms with Crippen molar-refractivity contribution in [1.29, 1.82) is 0 Å². The molecule has 2 nitrogen and oxygen atoms in total. The highest BCUT2D eigenvalue weighted by molar-refractivity contribution is 5.30. The highest BCUT2D eigenvalue weighted by Gasteiger charge is 1.93. The van der Waals surface area contributed by atoms with Gasteiger partial charge in [0.1, 0.15) is 11.5 Å². The average molecular weight is 192 g/mol. The van der Waals surface area contributed by atoms with Gasteiger partial charge in [-0.2, -0.15) is 0 Å². The Morgan fingerprint density at radius 1 is 1.21 bits per heavy atom. The molecule has 0 heterocycles. The molecular formula is C12H16O2. The maximum absolute atomic E-state index is 9.06. The first-order chi connectivity index (χ1) is 6.76. The van der Waals surface area contributed by atoms with Crippen molar-refractivity contribution < 1.29 is 9.84 Å². The molecule has 0 bridgehead atoms. The highest BCUT2D eigenvalue weighted by atomic mass is 16.5. The topological polar surface area (TPSA) is 29.5 Å². The molecule has 0 aliphatic carbocycles. The number of hydrogen-bond acceptors (Lipinski definition) is 2. The molecule has 0 unspecified atom stereocenters. The van der Waals surface area contributed by atoms with Gasteiger partial charge >= 0.3 is 0 Å². The number of aromatic hydroxyl groups is 1. The fourth-order valence-corrected chi connectivity index (χ4v) is 1.09. The summed E-state index contributed by atoms with van der Waals surface area (Å²) in [4.78, 5) is 0. The van der Waals surface area contributed by atoms with Crippen LogP contribution in [0.2, 0.25) is 0 Å². The molecule has 2 heteroatoms. The Labute approximate surface area is 84.8 Å². The van der Waals surface area contributed by atoms with E-state index in [0.717, 1.165) is 18.6 Å². The van der Waals surface area contributed by atoms with Crippen molar-refractivity contribution in [3.63, 3.8) is 0 Å². The van der Waals surface area contributed by atoms with Crippen molar-refractivity contribution in [3.05, 3.63) is 36.1 Å². The largest absolute Gasteiger partial charge is 0.508 e. The van der Waals surface area contributed by atoms with Gasteiger partial charge < -0.3 is 9.84 Å². The fraction of sp³-hybridized carbons (Fsp3) is 0.333. The molecule has 0 atom stereocenters. The summed E-state index contributed by atoms with van der Waals surface area (Å²) in [7, 11) is 0. The van der Waals surface area contributed by atoms with Crippen LogP contribution in [-0.2, 0) is 0 Å². The normalized spacial score (nSPS) is 9.57. The van der Waals surface area contributed by atoms with Crippen molar-refractivity contribution in [3.8, 4) is 11.5 Å². The van der Waals surface area contributed by atoms with Crippen LogP contribution in [0, 0.1) is 0 Å². The molecule has 0 saturated heterocycles. The standard InChI is InChI=1S/C12H16O2/c1-3-10(4-2)9-14-12-7-5-11(13)6-8-12/h5-9,13H,3-4H2,1-2H3.